The van der Waals surface area contributed by atoms with Gasteiger partial charge in [0.05, 0.1) is 5.02 Å². The van der Waals surface area contributed by atoms with E-state index < -0.39 is 20.7 Å². The molecular weight excluding hydrogens is 317 g/mol. The molecule has 0 spiro atoms. The molecule has 0 aliphatic carbocycles. The van der Waals surface area contributed by atoms with E-state index in [1.54, 1.807) is 13.1 Å². The van der Waals surface area contributed by atoms with Gasteiger partial charge < -0.3 is 5.32 Å². The van der Waals surface area contributed by atoms with Crippen molar-refractivity contribution in [1.82, 2.24) is 10.3 Å². The SMILES string of the molecule is CNCc1ccc(S(=O)(=O)Nc2ncccc2Cl)c(F)c1. The molecule has 2 rings (SSSR count). The zero-order valence-corrected chi connectivity index (χ0v) is 12.7. The van der Waals surface area contributed by atoms with E-state index in [-0.39, 0.29) is 10.8 Å². The van der Waals surface area contributed by atoms with Gasteiger partial charge in [0, 0.05) is 12.7 Å². The maximum Gasteiger partial charge on any atom is 0.266 e. The van der Waals surface area contributed by atoms with Crippen LogP contribution in [0.15, 0.2) is 41.4 Å². The predicted octanol–water partition coefficient (Wildman–Crippen LogP) is 2.39. The van der Waals surface area contributed by atoms with Gasteiger partial charge in [0.25, 0.3) is 10.0 Å². The third-order valence-electron chi connectivity index (χ3n) is 2.66. The lowest BCUT2D eigenvalue weighted by Crippen LogP contribution is -2.16. The highest BCUT2D eigenvalue weighted by molar-refractivity contribution is 7.92. The number of nitrogens with zero attached hydrogens (tertiary/aromatic N) is 1. The van der Waals surface area contributed by atoms with E-state index in [9.17, 15) is 12.8 Å². The van der Waals surface area contributed by atoms with Crippen molar-refractivity contribution in [2.75, 3.05) is 11.8 Å². The Labute approximate surface area is 127 Å². The first-order valence-corrected chi connectivity index (χ1v) is 7.86. The molecule has 1 aromatic carbocycles. The molecule has 0 aliphatic heterocycles. The lowest BCUT2D eigenvalue weighted by Gasteiger charge is -2.10. The minimum atomic E-state index is -4.09. The van der Waals surface area contributed by atoms with Crippen LogP contribution in [0.2, 0.25) is 5.02 Å². The molecule has 0 amide bonds. The van der Waals surface area contributed by atoms with Crippen LogP contribution in [0.3, 0.4) is 0 Å². The third kappa shape index (κ3) is 3.69. The van der Waals surface area contributed by atoms with E-state index in [2.05, 4.69) is 15.0 Å². The average Bonchev–Trinajstić information content (AvgIpc) is 2.41. The summed E-state index contributed by atoms with van der Waals surface area (Å²) in [7, 11) is -2.38. The number of halogens is 2. The van der Waals surface area contributed by atoms with Crippen molar-refractivity contribution in [3.63, 3.8) is 0 Å². The van der Waals surface area contributed by atoms with Gasteiger partial charge in [-0.2, -0.15) is 0 Å². The smallest absolute Gasteiger partial charge is 0.266 e. The number of anilines is 1. The Hall–Kier alpha value is -1.70. The molecule has 0 fully saturated rings. The van der Waals surface area contributed by atoms with Crippen LogP contribution in [0.25, 0.3) is 0 Å². The second-order valence-electron chi connectivity index (χ2n) is 4.23. The average molecular weight is 330 g/mol. The highest BCUT2D eigenvalue weighted by atomic mass is 35.5. The lowest BCUT2D eigenvalue weighted by atomic mass is 10.2. The van der Waals surface area contributed by atoms with Crippen molar-refractivity contribution in [2.24, 2.45) is 0 Å². The fourth-order valence-electron chi connectivity index (χ4n) is 1.72. The standard InChI is InChI=1S/C13H13ClFN3O2S/c1-16-8-9-4-5-12(11(15)7-9)21(19,20)18-13-10(14)3-2-6-17-13/h2-7,16H,8H2,1H3,(H,17,18). The van der Waals surface area contributed by atoms with E-state index >= 15 is 0 Å². The van der Waals surface area contributed by atoms with Crippen molar-refractivity contribution < 1.29 is 12.8 Å². The summed E-state index contributed by atoms with van der Waals surface area (Å²) in [6, 6.07) is 6.96. The molecule has 8 heteroatoms. The molecular formula is C13H13ClFN3O2S. The van der Waals surface area contributed by atoms with Gasteiger partial charge in [-0.15, -0.1) is 0 Å². The maximum atomic E-state index is 14.0. The zero-order valence-electron chi connectivity index (χ0n) is 11.1. The number of hydrogen-bond acceptors (Lipinski definition) is 4. The van der Waals surface area contributed by atoms with E-state index in [1.807, 2.05) is 0 Å². The van der Waals surface area contributed by atoms with Crippen molar-refractivity contribution >= 4 is 27.4 Å². The number of aromatic nitrogens is 1. The number of nitrogens with one attached hydrogen (secondary N) is 2. The fraction of sp³-hybridized carbons (Fsp3) is 0.154. The topological polar surface area (TPSA) is 71.1 Å². The van der Waals surface area contributed by atoms with Crippen LogP contribution in [-0.2, 0) is 16.6 Å². The quantitative estimate of drug-likeness (QED) is 0.883. The minimum absolute atomic E-state index is 0.0436. The van der Waals surface area contributed by atoms with E-state index in [4.69, 9.17) is 11.6 Å². The molecule has 0 saturated carbocycles. The van der Waals surface area contributed by atoms with E-state index in [0.717, 1.165) is 0 Å². The summed E-state index contributed by atoms with van der Waals surface area (Å²) in [4.78, 5) is 3.36. The van der Waals surface area contributed by atoms with Crippen LogP contribution < -0.4 is 10.0 Å². The summed E-state index contributed by atoms with van der Waals surface area (Å²) in [6.45, 7) is 0.441. The molecule has 112 valence electrons. The Morgan fingerprint density at radius 3 is 2.71 bits per heavy atom. The van der Waals surface area contributed by atoms with E-state index in [0.29, 0.717) is 12.1 Å². The largest absolute Gasteiger partial charge is 0.316 e. The first-order chi connectivity index (χ1) is 9.94. The van der Waals surface area contributed by atoms with Crippen molar-refractivity contribution in [2.45, 2.75) is 11.4 Å². The van der Waals surface area contributed by atoms with Gasteiger partial charge in [-0.05, 0) is 36.9 Å². The molecule has 0 bridgehead atoms. The van der Waals surface area contributed by atoms with Gasteiger partial charge in [-0.1, -0.05) is 17.7 Å². The summed E-state index contributed by atoms with van der Waals surface area (Å²) in [5.41, 5.74) is 0.643. The van der Waals surface area contributed by atoms with Gasteiger partial charge in [0.15, 0.2) is 5.82 Å². The molecule has 0 unspecified atom stereocenters. The van der Waals surface area contributed by atoms with Crippen molar-refractivity contribution in [3.8, 4) is 0 Å². The first kappa shape index (κ1) is 15.7. The van der Waals surface area contributed by atoms with Crippen LogP contribution >= 0.6 is 11.6 Å². The summed E-state index contributed by atoms with van der Waals surface area (Å²) < 4.78 is 40.5. The molecule has 0 saturated heterocycles. The van der Waals surface area contributed by atoms with Crippen molar-refractivity contribution in [3.05, 3.63) is 52.9 Å². The Kier molecular flexibility index (Phi) is 4.76. The summed E-state index contributed by atoms with van der Waals surface area (Å²) in [5, 5.41) is 2.99. The van der Waals surface area contributed by atoms with Crippen molar-refractivity contribution in [1.29, 1.82) is 0 Å². The normalized spacial score (nSPS) is 11.4. The van der Waals surface area contributed by atoms with Crippen LogP contribution in [0.1, 0.15) is 5.56 Å². The Morgan fingerprint density at radius 1 is 1.33 bits per heavy atom. The van der Waals surface area contributed by atoms with Gasteiger partial charge in [0.2, 0.25) is 0 Å². The predicted molar refractivity (Wildman–Crippen MR) is 79.2 cm³/mol. The highest BCUT2D eigenvalue weighted by Crippen LogP contribution is 2.23. The molecule has 0 atom stereocenters. The summed E-state index contributed by atoms with van der Waals surface area (Å²) in [6.07, 6.45) is 1.39. The van der Waals surface area contributed by atoms with Crippen LogP contribution in [0.4, 0.5) is 10.2 Å². The maximum absolute atomic E-state index is 14.0. The zero-order chi connectivity index (χ0) is 15.5. The molecule has 5 nitrogen and oxygen atoms in total. The molecule has 21 heavy (non-hydrogen) atoms. The van der Waals surface area contributed by atoms with Crippen LogP contribution in [-0.4, -0.2) is 20.4 Å². The number of sulfonamides is 1. The summed E-state index contributed by atoms with van der Waals surface area (Å²) >= 11 is 5.83. The fourth-order valence-corrected chi connectivity index (χ4v) is 3.03. The lowest BCUT2D eigenvalue weighted by molar-refractivity contribution is 0.568. The second-order valence-corrected chi connectivity index (χ2v) is 6.29. The summed E-state index contributed by atoms with van der Waals surface area (Å²) in [5.74, 6) is -0.875. The molecule has 1 aromatic heterocycles. The van der Waals surface area contributed by atoms with Gasteiger partial charge >= 0.3 is 0 Å². The van der Waals surface area contributed by atoms with Crippen LogP contribution in [0, 0.1) is 5.82 Å². The Balaban J connectivity index is 2.34. The molecule has 0 radical (unpaired) electrons. The first-order valence-electron chi connectivity index (χ1n) is 6.00. The molecule has 2 aromatic rings. The monoisotopic (exact) mass is 329 g/mol. The molecule has 2 N–H and O–H groups in total. The number of pyridine rings is 1. The van der Waals surface area contributed by atoms with Gasteiger partial charge in [-0.3, -0.25) is 4.72 Å². The molecule has 1 heterocycles. The second kappa shape index (κ2) is 6.38. The minimum Gasteiger partial charge on any atom is -0.316 e. The third-order valence-corrected chi connectivity index (χ3v) is 4.33. The van der Waals surface area contributed by atoms with Gasteiger partial charge in [-0.25, -0.2) is 17.8 Å². The Bertz CT molecular complexity index is 753. The number of hydrogen-bond donors (Lipinski definition) is 2. The van der Waals surface area contributed by atoms with E-state index in [1.165, 1.54) is 30.5 Å². The Morgan fingerprint density at radius 2 is 2.10 bits per heavy atom. The van der Waals surface area contributed by atoms with Gasteiger partial charge in [0.1, 0.15) is 10.7 Å². The van der Waals surface area contributed by atoms with Crippen LogP contribution in [0.5, 0.6) is 0 Å². The number of rotatable bonds is 5. The molecule has 0 aliphatic rings. The number of benzene rings is 1. The highest BCUT2D eigenvalue weighted by Gasteiger charge is 2.20.